The molecule has 1 amide bonds. The number of aromatic nitrogens is 2. The number of nitrogens with one attached hydrogen (secondary N) is 1. The number of nitrogens with zero attached hydrogens (tertiary/aromatic N) is 3. The monoisotopic (exact) mass is 560 g/mol. The van der Waals surface area contributed by atoms with Crippen LogP contribution in [-0.2, 0) is 16.0 Å². The number of H-pyrrole nitrogens is 1. The van der Waals surface area contributed by atoms with E-state index in [-0.39, 0.29) is 30.0 Å². The van der Waals surface area contributed by atoms with Crippen molar-refractivity contribution in [2.24, 2.45) is 5.92 Å². The molecule has 2 atom stereocenters. The highest BCUT2D eigenvalue weighted by atomic mass is 32.1. The van der Waals surface area contributed by atoms with Gasteiger partial charge < -0.3 is 19.5 Å². The number of hydrogen-bond donors (Lipinski definition) is 1. The zero-order valence-electron chi connectivity index (χ0n) is 22.5. The van der Waals surface area contributed by atoms with E-state index in [0.717, 1.165) is 38.0 Å². The second-order valence-electron chi connectivity index (χ2n) is 10.9. The number of piperidine rings is 1. The van der Waals surface area contributed by atoms with Gasteiger partial charge in [0, 0.05) is 25.6 Å². The van der Waals surface area contributed by atoms with Gasteiger partial charge in [-0.2, -0.15) is 11.3 Å². The number of carbonyl (C=O) groups excluding carboxylic acids is 2. The summed E-state index contributed by atoms with van der Waals surface area (Å²) in [5.74, 6) is 0.957. The minimum atomic E-state index is -0.380. The van der Waals surface area contributed by atoms with Crippen LogP contribution < -0.4 is 0 Å². The van der Waals surface area contributed by atoms with Gasteiger partial charge in [-0.15, -0.1) is 0 Å². The molecule has 0 saturated carbocycles. The van der Waals surface area contributed by atoms with Gasteiger partial charge in [-0.1, -0.05) is 18.2 Å². The van der Waals surface area contributed by atoms with Crippen LogP contribution in [0.5, 0.6) is 0 Å². The first-order valence-corrected chi connectivity index (χ1v) is 14.8. The lowest BCUT2D eigenvalue weighted by Gasteiger charge is -2.34. The van der Waals surface area contributed by atoms with E-state index < -0.39 is 0 Å². The predicted molar refractivity (Wildman–Crippen MR) is 153 cm³/mol. The molecule has 0 spiro atoms. The minimum Gasteiger partial charge on any atom is -0.469 e. The number of imidazole rings is 1. The summed E-state index contributed by atoms with van der Waals surface area (Å²) in [7, 11) is 1.35. The molecule has 4 aromatic rings. The standard InChI is InChI=1S/C31H33FN4O3S/c1-39-29(37)15-28-33-27-4-2-3-25(30(27)34-28)31(38)36-17-23(26(18-36)22-11-14-40-19-22)16-35-12-9-21(10-13-35)20-5-7-24(32)8-6-20/h2-8,11,14,19,21,23,26H,9-10,12-13,15-18H2,1H3,(H,33,34)/t23-,26+/m1/s1. The summed E-state index contributed by atoms with van der Waals surface area (Å²) in [5.41, 5.74) is 4.39. The second-order valence-corrected chi connectivity index (χ2v) is 11.7. The van der Waals surface area contributed by atoms with Gasteiger partial charge in [0.1, 0.15) is 23.6 Å². The van der Waals surface area contributed by atoms with Crippen molar-refractivity contribution in [2.75, 3.05) is 39.8 Å². The number of thiophene rings is 1. The Bertz CT molecular complexity index is 1480. The minimum absolute atomic E-state index is 0.0283. The number of rotatable bonds is 7. The Balaban J connectivity index is 1.16. The molecule has 0 unspecified atom stereocenters. The molecule has 7 nitrogen and oxygen atoms in total. The highest BCUT2D eigenvalue weighted by Crippen LogP contribution is 2.37. The van der Waals surface area contributed by atoms with Gasteiger partial charge in [0.2, 0.25) is 0 Å². The molecule has 0 aliphatic carbocycles. The van der Waals surface area contributed by atoms with Crippen molar-refractivity contribution >= 4 is 34.2 Å². The maximum absolute atomic E-state index is 13.9. The third-order valence-corrected chi connectivity index (χ3v) is 9.15. The third-order valence-electron chi connectivity index (χ3n) is 8.45. The summed E-state index contributed by atoms with van der Waals surface area (Å²) >= 11 is 1.70. The van der Waals surface area contributed by atoms with Crippen LogP contribution in [0.1, 0.15) is 52.0 Å². The van der Waals surface area contributed by atoms with Crippen molar-refractivity contribution in [3.05, 3.63) is 87.6 Å². The first-order valence-electron chi connectivity index (χ1n) is 13.8. The fourth-order valence-electron chi connectivity index (χ4n) is 6.32. The summed E-state index contributed by atoms with van der Waals surface area (Å²) in [6.45, 7) is 4.29. The van der Waals surface area contributed by atoms with Gasteiger partial charge in [0.25, 0.3) is 5.91 Å². The van der Waals surface area contributed by atoms with E-state index in [0.29, 0.717) is 41.8 Å². The SMILES string of the molecule is COC(=O)Cc1nc2c(C(=O)N3C[C@@H](CN4CCC(c5ccc(F)cc5)CC4)[C@H](c4ccsc4)C3)cccc2[nH]1. The van der Waals surface area contributed by atoms with E-state index in [4.69, 9.17) is 4.74 Å². The number of likely N-dealkylation sites (tertiary alicyclic amines) is 2. The Morgan fingerprint density at radius 1 is 1.07 bits per heavy atom. The van der Waals surface area contributed by atoms with Gasteiger partial charge in [0.15, 0.2) is 0 Å². The smallest absolute Gasteiger partial charge is 0.313 e. The molecule has 2 saturated heterocycles. The number of amides is 1. The molecular formula is C31H33FN4O3S. The highest BCUT2D eigenvalue weighted by Gasteiger charge is 2.38. The number of aromatic amines is 1. The third kappa shape index (κ3) is 5.53. The number of fused-ring (bicyclic) bond motifs is 1. The van der Waals surface area contributed by atoms with Gasteiger partial charge in [0.05, 0.1) is 18.2 Å². The first-order chi connectivity index (χ1) is 19.5. The topological polar surface area (TPSA) is 78.5 Å². The maximum Gasteiger partial charge on any atom is 0.313 e. The number of benzene rings is 2. The number of hydrogen-bond acceptors (Lipinski definition) is 6. The van der Waals surface area contributed by atoms with E-state index in [1.807, 2.05) is 35.2 Å². The van der Waals surface area contributed by atoms with Crippen LogP contribution in [0.25, 0.3) is 11.0 Å². The van der Waals surface area contributed by atoms with E-state index >= 15 is 0 Å². The molecule has 2 aromatic carbocycles. The quantitative estimate of drug-likeness (QED) is 0.314. The van der Waals surface area contributed by atoms with Crippen molar-refractivity contribution in [3.63, 3.8) is 0 Å². The molecule has 4 heterocycles. The molecule has 2 fully saturated rings. The van der Waals surface area contributed by atoms with Crippen LogP contribution in [0.2, 0.25) is 0 Å². The largest absolute Gasteiger partial charge is 0.469 e. The lowest BCUT2D eigenvalue weighted by atomic mass is 9.87. The van der Waals surface area contributed by atoms with E-state index in [2.05, 4.69) is 31.7 Å². The Morgan fingerprint density at radius 3 is 2.60 bits per heavy atom. The highest BCUT2D eigenvalue weighted by molar-refractivity contribution is 7.08. The van der Waals surface area contributed by atoms with Gasteiger partial charge in [-0.3, -0.25) is 9.59 Å². The summed E-state index contributed by atoms with van der Waals surface area (Å²) in [6, 6.07) is 14.7. The first kappa shape index (κ1) is 26.7. The molecule has 9 heteroatoms. The molecule has 0 radical (unpaired) electrons. The Labute approximate surface area is 237 Å². The molecule has 1 N–H and O–H groups in total. The lowest BCUT2D eigenvalue weighted by Crippen LogP contribution is -2.38. The molecule has 0 bridgehead atoms. The van der Waals surface area contributed by atoms with Crippen LogP contribution in [0.15, 0.2) is 59.3 Å². The Kier molecular flexibility index (Phi) is 7.67. The number of para-hydroxylation sites is 1. The van der Waals surface area contributed by atoms with Crippen molar-refractivity contribution in [2.45, 2.75) is 31.1 Å². The number of ether oxygens (including phenoxy) is 1. The summed E-state index contributed by atoms with van der Waals surface area (Å²) in [5, 5.41) is 4.32. The number of methoxy groups -OCH3 is 1. The molecule has 40 heavy (non-hydrogen) atoms. The van der Waals surface area contributed by atoms with Crippen molar-refractivity contribution in [3.8, 4) is 0 Å². The average molecular weight is 561 g/mol. The van der Waals surface area contributed by atoms with E-state index in [1.54, 1.807) is 23.5 Å². The van der Waals surface area contributed by atoms with Crippen LogP contribution in [-0.4, -0.2) is 71.5 Å². The summed E-state index contributed by atoms with van der Waals surface area (Å²) in [6.07, 6.45) is 2.14. The van der Waals surface area contributed by atoms with Crippen LogP contribution >= 0.6 is 11.3 Å². The maximum atomic E-state index is 13.9. The van der Waals surface area contributed by atoms with E-state index in [9.17, 15) is 14.0 Å². The number of carbonyl (C=O) groups is 2. The fraction of sp³-hybridized carbons (Fsp3) is 0.387. The summed E-state index contributed by atoms with van der Waals surface area (Å²) < 4.78 is 18.1. The molecular weight excluding hydrogens is 527 g/mol. The zero-order valence-corrected chi connectivity index (χ0v) is 23.3. The predicted octanol–water partition coefficient (Wildman–Crippen LogP) is 5.21. The summed E-state index contributed by atoms with van der Waals surface area (Å²) in [4.78, 5) is 37.9. The average Bonchev–Trinajstić information content (AvgIpc) is 3.73. The molecule has 208 valence electrons. The van der Waals surface area contributed by atoms with Crippen molar-refractivity contribution in [1.29, 1.82) is 0 Å². The lowest BCUT2D eigenvalue weighted by molar-refractivity contribution is -0.139. The van der Waals surface area contributed by atoms with E-state index in [1.165, 1.54) is 18.2 Å². The van der Waals surface area contributed by atoms with Gasteiger partial charge in [-0.25, -0.2) is 9.37 Å². The van der Waals surface area contributed by atoms with Crippen LogP contribution in [0.4, 0.5) is 4.39 Å². The van der Waals surface area contributed by atoms with Crippen molar-refractivity contribution in [1.82, 2.24) is 19.8 Å². The van der Waals surface area contributed by atoms with Crippen LogP contribution in [0.3, 0.4) is 0 Å². The molecule has 2 aliphatic heterocycles. The zero-order chi connectivity index (χ0) is 27.6. The number of esters is 1. The molecule has 2 aliphatic rings. The fourth-order valence-corrected chi connectivity index (χ4v) is 7.04. The van der Waals surface area contributed by atoms with Crippen LogP contribution in [0, 0.1) is 11.7 Å². The normalized spacial score (nSPS) is 20.3. The van der Waals surface area contributed by atoms with Gasteiger partial charge in [-0.05, 0) is 90.0 Å². The second kappa shape index (κ2) is 11.5. The molecule has 6 rings (SSSR count). The Hall–Kier alpha value is -3.56. The van der Waals surface area contributed by atoms with Gasteiger partial charge >= 0.3 is 5.97 Å². The molecule has 2 aromatic heterocycles. The number of halogens is 1. The Morgan fingerprint density at radius 2 is 1.88 bits per heavy atom. The van der Waals surface area contributed by atoms with Crippen molar-refractivity contribution < 1.29 is 18.7 Å².